The Hall–Kier alpha value is -3.01. The Morgan fingerprint density at radius 2 is 1.55 bits per heavy atom. The van der Waals surface area contributed by atoms with Crippen LogP contribution in [0.25, 0.3) is 0 Å². The molecule has 5 rings (SSSR count). The summed E-state index contributed by atoms with van der Waals surface area (Å²) in [5, 5.41) is 5.44. The van der Waals surface area contributed by atoms with Crippen LogP contribution in [0, 0.1) is 46.3 Å². The maximum absolute atomic E-state index is 12.8. The highest BCUT2D eigenvalue weighted by atomic mass is 16.5. The molecule has 0 aromatic carbocycles. The van der Waals surface area contributed by atoms with Crippen molar-refractivity contribution in [1.29, 1.82) is 0 Å². The van der Waals surface area contributed by atoms with E-state index in [4.69, 9.17) is 9.47 Å². The van der Waals surface area contributed by atoms with Gasteiger partial charge in [0.2, 0.25) is 11.8 Å². The van der Waals surface area contributed by atoms with Crippen molar-refractivity contribution in [1.82, 2.24) is 15.5 Å². The van der Waals surface area contributed by atoms with E-state index < -0.39 is 11.8 Å². The molecule has 1 heterocycles. The molecule has 0 spiro atoms. The van der Waals surface area contributed by atoms with Crippen LogP contribution in [-0.2, 0) is 33.4 Å². The van der Waals surface area contributed by atoms with Crippen LogP contribution in [-0.4, -0.2) is 73.4 Å². The monoisotopic (exact) mass is 740 g/mol. The van der Waals surface area contributed by atoms with E-state index in [-0.39, 0.29) is 82.3 Å². The molecule has 10 nitrogen and oxygen atoms in total. The van der Waals surface area contributed by atoms with Crippen LogP contribution in [0.1, 0.15) is 132 Å². The maximum atomic E-state index is 12.8. The van der Waals surface area contributed by atoms with E-state index >= 15 is 0 Å². The van der Waals surface area contributed by atoms with E-state index in [1.54, 1.807) is 0 Å². The van der Waals surface area contributed by atoms with Crippen molar-refractivity contribution in [2.75, 3.05) is 32.8 Å². The fourth-order valence-electron chi connectivity index (χ4n) is 10.9. The van der Waals surface area contributed by atoms with Crippen molar-refractivity contribution in [3.05, 3.63) is 23.8 Å². The van der Waals surface area contributed by atoms with Crippen molar-refractivity contribution in [3.8, 4) is 0 Å². The van der Waals surface area contributed by atoms with Gasteiger partial charge >= 0.3 is 5.97 Å². The molecule has 53 heavy (non-hydrogen) atoms. The predicted octanol–water partition coefficient (Wildman–Crippen LogP) is 6.92. The van der Waals surface area contributed by atoms with Gasteiger partial charge in [-0.05, 0) is 91.3 Å². The normalized spacial score (nSPS) is 30.9. The van der Waals surface area contributed by atoms with Gasteiger partial charge in [0.05, 0.1) is 19.6 Å². The number of hydrogen-bond acceptors (Lipinski definition) is 7. The molecule has 0 saturated heterocycles. The first kappa shape index (κ1) is 42.7. The van der Waals surface area contributed by atoms with Gasteiger partial charge in [0.25, 0.3) is 11.8 Å². The second-order valence-electron chi connectivity index (χ2n) is 17.4. The molecule has 3 fully saturated rings. The average molecular weight is 740 g/mol. The quantitative estimate of drug-likeness (QED) is 0.0676. The zero-order valence-electron chi connectivity index (χ0n) is 32.5. The van der Waals surface area contributed by atoms with Crippen molar-refractivity contribution in [2.45, 2.75) is 138 Å². The molecular weight excluding hydrogens is 670 g/mol. The SMILES string of the molecule is C.CC(C)CCCC(C)C1CCC2C3CC=C4CC(OC(=O)CCC(=O)NCCOCCNC(=O)CCN5C(=O)C=CC5=O)CCC4(C)C3CCC12C. The molecule has 0 bridgehead atoms. The van der Waals surface area contributed by atoms with Crippen LogP contribution in [0.4, 0.5) is 0 Å². The van der Waals surface area contributed by atoms with Crippen LogP contribution in [0.2, 0.25) is 0 Å². The highest BCUT2D eigenvalue weighted by Crippen LogP contribution is 2.67. The Labute approximate surface area is 319 Å². The van der Waals surface area contributed by atoms with Gasteiger partial charge in [-0.3, -0.25) is 28.9 Å². The van der Waals surface area contributed by atoms with Crippen molar-refractivity contribution >= 4 is 29.6 Å². The summed E-state index contributed by atoms with van der Waals surface area (Å²) in [6.07, 6.45) is 18.5. The number of rotatable bonds is 18. The lowest BCUT2D eigenvalue weighted by molar-refractivity contribution is -0.152. The van der Waals surface area contributed by atoms with E-state index in [2.05, 4.69) is 51.3 Å². The summed E-state index contributed by atoms with van der Waals surface area (Å²) in [5.41, 5.74) is 2.19. The average Bonchev–Trinajstić information content (AvgIpc) is 3.63. The van der Waals surface area contributed by atoms with Crippen LogP contribution in [0.15, 0.2) is 23.8 Å². The second-order valence-corrected chi connectivity index (χ2v) is 17.4. The van der Waals surface area contributed by atoms with Gasteiger partial charge in [0.1, 0.15) is 6.10 Å². The highest BCUT2D eigenvalue weighted by molar-refractivity contribution is 6.13. The first-order valence-corrected chi connectivity index (χ1v) is 20.4. The summed E-state index contributed by atoms with van der Waals surface area (Å²) in [7, 11) is 0. The first-order chi connectivity index (χ1) is 24.8. The third-order valence-corrected chi connectivity index (χ3v) is 13.7. The predicted molar refractivity (Wildman–Crippen MR) is 206 cm³/mol. The molecule has 4 amide bonds. The van der Waals surface area contributed by atoms with E-state index in [0.717, 1.165) is 59.7 Å². The van der Waals surface area contributed by atoms with Gasteiger partial charge in [-0.2, -0.15) is 0 Å². The lowest BCUT2D eigenvalue weighted by Crippen LogP contribution is -2.51. The van der Waals surface area contributed by atoms with Gasteiger partial charge in [-0.1, -0.05) is 73.0 Å². The molecule has 8 atom stereocenters. The van der Waals surface area contributed by atoms with E-state index in [1.807, 2.05) is 0 Å². The largest absolute Gasteiger partial charge is 0.462 e. The van der Waals surface area contributed by atoms with Gasteiger partial charge in [0.15, 0.2) is 0 Å². The lowest BCUT2D eigenvalue weighted by atomic mass is 9.47. The second kappa shape index (κ2) is 19.0. The number of esters is 1. The van der Waals surface area contributed by atoms with Crippen LogP contribution < -0.4 is 10.6 Å². The summed E-state index contributed by atoms with van der Waals surface area (Å²) < 4.78 is 11.4. The smallest absolute Gasteiger partial charge is 0.306 e. The number of fused-ring (bicyclic) bond motifs is 5. The summed E-state index contributed by atoms with van der Waals surface area (Å²) in [6.45, 7) is 13.5. The number of allylic oxidation sites excluding steroid dienone is 1. The molecule has 3 saturated carbocycles. The number of nitrogens with one attached hydrogen (secondary N) is 2. The Morgan fingerprint density at radius 3 is 2.23 bits per heavy atom. The third-order valence-electron chi connectivity index (χ3n) is 13.7. The minimum absolute atomic E-state index is 0. The van der Waals surface area contributed by atoms with Gasteiger partial charge < -0.3 is 20.1 Å². The molecule has 5 aliphatic rings. The summed E-state index contributed by atoms with van der Waals surface area (Å²) in [6, 6.07) is 0. The number of hydrogen-bond donors (Lipinski definition) is 2. The fourth-order valence-corrected chi connectivity index (χ4v) is 10.9. The van der Waals surface area contributed by atoms with Crippen LogP contribution in [0.3, 0.4) is 0 Å². The number of carbonyl (C=O) groups excluding carboxylic acids is 5. The summed E-state index contributed by atoms with van der Waals surface area (Å²) in [4.78, 5) is 61.1. The van der Waals surface area contributed by atoms with Crippen molar-refractivity contribution in [3.63, 3.8) is 0 Å². The molecule has 1 aliphatic heterocycles. The van der Waals surface area contributed by atoms with Gasteiger partial charge in [0, 0.05) is 51.0 Å². The maximum Gasteiger partial charge on any atom is 0.306 e. The number of carbonyl (C=O) groups is 5. The van der Waals surface area contributed by atoms with Crippen molar-refractivity contribution < 1.29 is 33.4 Å². The fraction of sp³-hybridized carbons (Fsp3) is 0.791. The van der Waals surface area contributed by atoms with Crippen LogP contribution in [0.5, 0.6) is 0 Å². The van der Waals surface area contributed by atoms with E-state index in [0.29, 0.717) is 12.0 Å². The number of imide groups is 1. The van der Waals surface area contributed by atoms with Gasteiger partial charge in [-0.15, -0.1) is 0 Å². The molecule has 0 aromatic rings. The van der Waals surface area contributed by atoms with Crippen molar-refractivity contribution in [2.24, 2.45) is 46.3 Å². The minimum atomic E-state index is -0.410. The third kappa shape index (κ3) is 10.4. The molecule has 10 heteroatoms. The topological polar surface area (TPSA) is 131 Å². The zero-order chi connectivity index (χ0) is 37.5. The summed E-state index contributed by atoms with van der Waals surface area (Å²) in [5.74, 6) is 3.17. The Kier molecular flexibility index (Phi) is 15.3. The summed E-state index contributed by atoms with van der Waals surface area (Å²) >= 11 is 0. The van der Waals surface area contributed by atoms with E-state index in [9.17, 15) is 24.0 Å². The Bertz CT molecular complexity index is 1360. The minimum Gasteiger partial charge on any atom is -0.462 e. The van der Waals surface area contributed by atoms with E-state index in [1.165, 1.54) is 69.1 Å². The number of nitrogens with zero attached hydrogens (tertiary/aromatic N) is 1. The molecule has 0 aromatic heterocycles. The van der Waals surface area contributed by atoms with Crippen LogP contribution >= 0.6 is 0 Å². The van der Waals surface area contributed by atoms with Gasteiger partial charge in [-0.25, -0.2) is 0 Å². The standard InChI is InChI=1S/C42H65N3O7.CH4/c1-28(2)7-6-8-29(3)33-11-12-34-32-10-9-30-27-31(17-20-41(30,4)35(32)18-21-42(33,34)5)52-40(50)16-13-36(46)43-22-25-51-26-23-44-37(47)19-24-45-38(48)14-15-39(45)49;/h9,14-15,28-29,31-35H,6-8,10-13,16-27H2,1-5H3,(H,43,46)(H,44,47);1H4. The molecule has 298 valence electrons. The molecule has 2 N–H and O–H groups in total. The number of ether oxygens (including phenoxy) is 2. The Balaban J connectivity index is 0.00000627. The molecule has 8 unspecified atom stereocenters. The molecular formula is C43H69N3O7. The zero-order valence-corrected chi connectivity index (χ0v) is 32.5. The lowest BCUT2D eigenvalue weighted by Gasteiger charge is -2.58. The highest BCUT2D eigenvalue weighted by Gasteiger charge is 2.59. The Morgan fingerprint density at radius 1 is 0.868 bits per heavy atom. The first-order valence-electron chi connectivity index (χ1n) is 20.4. The number of amides is 4. The molecule has 4 aliphatic carbocycles. The molecule has 0 radical (unpaired) electrons.